The van der Waals surface area contributed by atoms with E-state index in [-0.39, 0.29) is 137 Å². The van der Waals surface area contributed by atoms with E-state index in [2.05, 4.69) is 43.4 Å². The number of aromatic nitrogens is 4. The zero-order valence-electron chi connectivity index (χ0n) is 77.2. The standard InChI is InChI=1S/C26H23ClN4O4S.C25H24ClN3O5S.C25H24ClN3O4S.C23H18ClF2N3O5S/c1-25(2,28-5)16-8-10-18(11-9-16)36(34,35)30-20-13-12-19(27)21-22(20)24(33)31(23(21)32)26(3,4)17-7-6-14-29-15-17;1-15-5-8-17(29(32)13-15)14-28-23(30)21-19(26)11-12-20(22(21)24(28)31)27-35(33,34)18-9-6-16(7-10-18)25(2,3)4;1-15-11-16(13-27-12-15)14-29-23(30)21-19(26)9-10-20(22(21)24(29)31)28-34(32,33)18-7-5-17(6-8-18)25(2,3)4;1-23(2,13-4-3-11-27-12-13)29-20(30)18-16(24)9-10-17(19(18)21(29)31)28-35(32,33)15-7-5-14(6-8-15)34-22(25)26/h6-15,30H,1-4H3;5-13H,14H2,1-4H3,(H-,27,31,32);5-13,28H,14H2,1-4H3;3-12,22,28H,1-2H3/p+1. The molecular formula is C99H90Cl4F2N13O18S4+. The lowest BCUT2D eigenvalue weighted by molar-refractivity contribution is -0.910. The number of carbonyl (C=O) groups is 8. The number of ether oxygens (including phenoxy) is 1. The first-order valence-corrected chi connectivity index (χ1v) is 50.0. The van der Waals surface area contributed by atoms with Gasteiger partial charge in [0.2, 0.25) is 6.20 Å². The smallest absolute Gasteiger partial charge is 0.387 e. The van der Waals surface area contributed by atoms with Crippen molar-refractivity contribution in [3.8, 4) is 5.75 Å². The molecule has 5 N–H and O–H groups in total. The van der Waals surface area contributed by atoms with Crippen LogP contribution in [0, 0.1) is 20.4 Å². The Balaban J connectivity index is 0.000000157. The number of alkyl halides is 2. The van der Waals surface area contributed by atoms with Crippen LogP contribution in [0.4, 0.5) is 31.5 Å². The Kier molecular flexibility index (Phi) is 29.1. The van der Waals surface area contributed by atoms with Crippen LogP contribution >= 0.6 is 46.4 Å². The fourth-order valence-electron chi connectivity index (χ4n) is 15.5. The highest BCUT2D eigenvalue weighted by Crippen LogP contribution is 2.46. The molecule has 0 fully saturated rings. The SMILES string of the molecule is CC(C)(c1cccnc1)N1C(=O)c2c(Cl)ccc(NS(=O)(=O)c3ccc(OC(F)F)cc3)c2C1=O.Cc1ccc(CN2C(=O)c3c(Cl)ccc(NS(=O)(=O)c4ccc(C(C)(C)C)cc4)c3C2=O)[n+](O)c1.Cc1cncc(CN2C(=O)c3c(Cl)ccc(NS(=O)(=O)c4ccc(C(C)(C)C)cc4)c3C2=O)c1.[C-]#[N+]C(C)(C)c1ccc(S(=O)(=O)Nc2ccc(Cl)c3c2C(=O)N(C(C)(C)c2cccnc2)C3=O)cc1. The Bertz CT molecular complexity index is 7610. The van der Waals surface area contributed by atoms with E-state index in [1.165, 1.54) is 97.3 Å². The summed E-state index contributed by atoms with van der Waals surface area (Å²) >= 11 is 25.1. The molecule has 0 radical (unpaired) electrons. The van der Waals surface area contributed by atoms with Crippen LogP contribution in [-0.2, 0) is 80.6 Å². The summed E-state index contributed by atoms with van der Waals surface area (Å²) in [6.45, 7) is 30.1. The number of amides is 8. The maximum absolute atomic E-state index is 13.6. The molecule has 724 valence electrons. The van der Waals surface area contributed by atoms with E-state index in [1.807, 2.05) is 54.5 Å². The number of pyridine rings is 4. The number of carbonyl (C=O) groups excluding carboxylic acids is 8. The lowest BCUT2D eigenvalue weighted by Gasteiger charge is -2.34. The van der Waals surface area contributed by atoms with E-state index >= 15 is 0 Å². The molecule has 8 heterocycles. The van der Waals surface area contributed by atoms with Gasteiger partial charge in [0.05, 0.1) is 125 Å². The van der Waals surface area contributed by atoms with Crippen molar-refractivity contribution in [3.05, 3.63) is 358 Å². The van der Waals surface area contributed by atoms with E-state index < -0.39 is 111 Å². The number of nitrogens with zero attached hydrogens (tertiary/aromatic N) is 9. The number of nitrogens with one attached hydrogen (secondary N) is 4. The number of hydrogen-bond donors (Lipinski definition) is 5. The van der Waals surface area contributed by atoms with Crippen molar-refractivity contribution in [1.82, 2.24) is 34.6 Å². The molecule has 0 bridgehead atoms. The van der Waals surface area contributed by atoms with Gasteiger partial charge in [-0.2, -0.15) is 8.78 Å². The van der Waals surface area contributed by atoms with Gasteiger partial charge >= 0.3 is 6.61 Å². The van der Waals surface area contributed by atoms with E-state index in [0.717, 1.165) is 70.8 Å². The normalized spacial score (nSPS) is 13.9. The molecule has 4 aliphatic heterocycles. The van der Waals surface area contributed by atoms with E-state index in [4.69, 9.17) is 53.0 Å². The van der Waals surface area contributed by atoms with Gasteiger partial charge in [-0.25, -0.2) is 40.2 Å². The van der Waals surface area contributed by atoms with Crippen LogP contribution in [-0.4, -0.2) is 127 Å². The van der Waals surface area contributed by atoms with Crippen LogP contribution in [0.15, 0.2) is 251 Å². The van der Waals surface area contributed by atoms with Crippen molar-refractivity contribution in [1.29, 1.82) is 0 Å². The summed E-state index contributed by atoms with van der Waals surface area (Å²) in [5.74, 6) is -5.52. The Morgan fingerprint density at radius 1 is 0.393 bits per heavy atom. The minimum absolute atomic E-state index is 0.00217. The number of sulfonamides is 4. The number of rotatable bonds is 23. The summed E-state index contributed by atoms with van der Waals surface area (Å²) < 4.78 is 144. The lowest BCUT2D eigenvalue weighted by Crippen LogP contribution is -2.45. The van der Waals surface area contributed by atoms with E-state index in [1.54, 1.807) is 152 Å². The maximum Gasteiger partial charge on any atom is 0.387 e. The molecule has 41 heteroatoms. The quantitative estimate of drug-likeness (QED) is 0.0172. The summed E-state index contributed by atoms with van der Waals surface area (Å²) in [5.41, 5.74) is 2.14. The number of hydrogen-bond acceptors (Lipinski definition) is 21. The van der Waals surface area contributed by atoms with Gasteiger partial charge < -0.3 is 9.58 Å². The monoisotopic (exact) mass is 2050 g/mol. The Hall–Kier alpha value is -14.0. The summed E-state index contributed by atoms with van der Waals surface area (Å²) in [4.78, 5) is 126. The summed E-state index contributed by atoms with van der Waals surface area (Å²) in [5, 5.41) is 10.3. The van der Waals surface area contributed by atoms with Crippen molar-refractivity contribution in [2.24, 2.45) is 0 Å². The van der Waals surface area contributed by atoms with Gasteiger partial charge in [-0.15, -0.1) is 0 Å². The van der Waals surface area contributed by atoms with Gasteiger partial charge in [0.1, 0.15) is 12.3 Å². The first-order chi connectivity index (χ1) is 65.4. The highest BCUT2D eigenvalue weighted by molar-refractivity contribution is 7.93. The highest BCUT2D eigenvalue weighted by atomic mass is 35.5. The zero-order chi connectivity index (χ0) is 103. The van der Waals surface area contributed by atoms with Crippen LogP contribution in [0.2, 0.25) is 20.1 Å². The Morgan fingerprint density at radius 2 is 0.714 bits per heavy atom. The Morgan fingerprint density at radius 3 is 1.04 bits per heavy atom. The first kappa shape index (κ1) is 103. The van der Waals surface area contributed by atoms with Crippen molar-refractivity contribution in [2.75, 3.05) is 18.9 Å². The molecule has 0 aliphatic carbocycles. The molecule has 0 atom stereocenters. The predicted octanol–water partition coefficient (Wildman–Crippen LogP) is 18.9. The number of aryl methyl sites for hydroxylation is 2. The van der Waals surface area contributed by atoms with Crippen molar-refractivity contribution in [3.63, 3.8) is 0 Å². The van der Waals surface area contributed by atoms with Crippen molar-refractivity contribution >= 4 is 157 Å². The molecular weight excluding hydrogens is 1970 g/mol. The largest absolute Gasteiger partial charge is 0.435 e. The van der Waals surface area contributed by atoms with E-state index in [9.17, 15) is 86.0 Å². The van der Waals surface area contributed by atoms with Gasteiger partial charge in [0.25, 0.3) is 98.6 Å². The molecule has 140 heavy (non-hydrogen) atoms. The van der Waals surface area contributed by atoms with Gasteiger partial charge in [0.15, 0.2) is 0 Å². The molecule has 4 aromatic heterocycles. The molecule has 0 unspecified atom stereocenters. The first-order valence-electron chi connectivity index (χ1n) is 42.5. The molecule has 8 amide bonds. The van der Waals surface area contributed by atoms with Gasteiger partial charge in [-0.05, 0) is 225 Å². The second-order valence-electron chi connectivity index (χ2n) is 36.2. The highest BCUT2D eigenvalue weighted by Gasteiger charge is 2.51. The third-order valence-corrected chi connectivity index (χ3v) is 30.1. The van der Waals surface area contributed by atoms with Crippen molar-refractivity contribution in [2.45, 2.75) is 164 Å². The number of benzene rings is 8. The molecule has 12 aromatic rings. The third-order valence-electron chi connectivity index (χ3n) is 23.3. The fourth-order valence-corrected chi connectivity index (χ4v) is 20.8. The second kappa shape index (κ2) is 39.4. The second-order valence-corrected chi connectivity index (χ2v) is 44.6. The summed E-state index contributed by atoms with van der Waals surface area (Å²) in [6.07, 6.45) is 10.9. The molecule has 4 aliphatic rings. The summed E-state index contributed by atoms with van der Waals surface area (Å²) in [6, 6.07) is 46.1. The third kappa shape index (κ3) is 21.1. The maximum atomic E-state index is 13.6. The van der Waals surface area contributed by atoms with Crippen molar-refractivity contribution < 1.29 is 95.5 Å². The number of halogens is 6. The average Bonchev–Trinajstić information content (AvgIpc) is 1.57. The molecule has 16 rings (SSSR count). The zero-order valence-corrected chi connectivity index (χ0v) is 83.5. The summed E-state index contributed by atoms with van der Waals surface area (Å²) in [7, 11) is -16.5. The lowest BCUT2D eigenvalue weighted by atomic mass is 9.87. The van der Waals surface area contributed by atoms with E-state index in [0.29, 0.717) is 27.9 Å². The number of fused-ring (bicyclic) bond motifs is 4. The van der Waals surface area contributed by atoms with Gasteiger partial charge in [0, 0.05) is 73.0 Å². The van der Waals surface area contributed by atoms with Crippen LogP contribution in [0.1, 0.15) is 216 Å². The van der Waals surface area contributed by atoms with Gasteiger partial charge in [-0.3, -0.25) is 97.0 Å². The van der Waals surface area contributed by atoms with Gasteiger partial charge in [-0.1, -0.05) is 130 Å². The molecule has 0 saturated heterocycles. The number of imide groups is 4. The molecule has 0 saturated carbocycles. The topological polar surface area (TPSA) is 411 Å². The van der Waals surface area contributed by atoms with Crippen LogP contribution < -0.4 is 28.4 Å². The molecule has 8 aromatic carbocycles. The predicted molar refractivity (Wildman–Crippen MR) is 520 cm³/mol. The molecule has 0 spiro atoms. The molecule has 31 nitrogen and oxygen atoms in total. The minimum Gasteiger partial charge on any atom is -0.435 e. The fraction of sp³-hybridized carbons (Fsp3) is 0.222. The van der Waals surface area contributed by atoms with Crippen LogP contribution in [0.3, 0.4) is 0 Å². The average molecular weight is 2060 g/mol. The van der Waals surface area contributed by atoms with Crippen LogP contribution in [0.5, 0.6) is 5.75 Å². The minimum atomic E-state index is -4.27. The Labute approximate surface area is 826 Å². The number of anilines is 4. The van der Waals surface area contributed by atoms with Crippen LogP contribution in [0.25, 0.3) is 4.85 Å².